The maximum Gasteiger partial charge on any atom is 0.247 e. The minimum Gasteiger partial charge on any atom is -0.454 e. The molecule has 1 amide bonds. The van der Waals surface area contributed by atoms with Crippen LogP contribution >= 0.6 is 0 Å². The summed E-state index contributed by atoms with van der Waals surface area (Å²) in [6, 6.07) is 7.34. The minimum absolute atomic E-state index is 0.00548. The SMILES string of the molecule is COCCN(Cc1ccc2c(c1)OCO2)C(=O)C(C)n1nc(C)cc1C. The van der Waals surface area contributed by atoms with Gasteiger partial charge in [0.25, 0.3) is 0 Å². The first-order valence-electron chi connectivity index (χ1n) is 8.68. The summed E-state index contributed by atoms with van der Waals surface area (Å²) in [5.41, 5.74) is 2.86. The molecule has 3 rings (SSSR count). The number of amides is 1. The summed E-state index contributed by atoms with van der Waals surface area (Å²) >= 11 is 0. The van der Waals surface area contributed by atoms with E-state index < -0.39 is 0 Å². The summed E-state index contributed by atoms with van der Waals surface area (Å²) in [4.78, 5) is 14.9. The monoisotopic (exact) mass is 359 g/mol. The Labute approximate surface area is 153 Å². The molecule has 0 N–H and O–H groups in total. The van der Waals surface area contributed by atoms with Gasteiger partial charge in [-0.2, -0.15) is 5.10 Å². The molecule has 1 aromatic heterocycles. The molecule has 1 aliphatic rings. The standard InChI is InChI=1S/C19H25N3O4/c1-13-9-14(2)22(20-13)15(3)19(23)21(7-8-24-4)11-16-5-6-17-18(10-16)26-12-25-17/h5-6,9-10,15H,7-8,11-12H2,1-4H3. The van der Waals surface area contributed by atoms with Gasteiger partial charge in [-0.05, 0) is 44.5 Å². The first kappa shape index (κ1) is 18.3. The summed E-state index contributed by atoms with van der Waals surface area (Å²) in [5.74, 6) is 1.46. The number of carbonyl (C=O) groups excluding carboxylic acids is 1. The van der Waals surface area contributed by atoms with Crippen LogP contribution < -0.4 is 9.47 Å². The van der Waals surface area contributed by atoms with Gasteiger partial charge >= 0.3 is 0 Å². The normalized spacial score (nSPS) is 13.7. The van der Waals surface area contributed by atoms with Crippen LogP contribution in [0.5, 0.6) is 11.5 Å². The predicted octanol–water partition coefficient (Wildman–Crippen LogP) is 2.46. The molecule has 7 heteroatoms. The Morgan fingerprint density at radius 3 is 2.77 bits per heavy atom. The average Bonchev–Trinajstić information content (AvgIpc) is 3.22. The lowest BCUT2D eigenvalue weighted by atomic mass is 10.1. The van der Waals surface area contributed by atoms with Crippen LogP contribution in [0.1, 0.15) is 29.9 Å². The molecule has 0 bridgehead atoms. The zero-order valence-corrected chi connectivity index (χ0v) is 15.7. The van der Waals surface area contributed by atoms with E-state index in [0.29, 0.717) is 25.4 Å². The van der Waals surface area contributed by atoms with Gasteiger partial charge in [-0.3, -0.25) is 9.48 Å². The zero-order valence-electron chi connectivity index (χ0n) is 15.7. The zero-order chi connectivity index (χ0) is 18.7. The summed E-state index contributed by atoms with van der Waals surface area (Å²) in [6.45, 7) is 7.45. The molecule has 1 unspecified atom stereocenters. The van der Waals surface area contributed by atoms with Crippen LogP contribution in [0.4, 0.5) is 0 Å². The van der Waals surface area contributed by atoms with E-state index in [-0.39, 0.29) is 18.7 Å². The second-order valence-electron chi connectivity index (χ2n) is 6.49. The lowest BCUT2D eigenvalue weighted by molar-refractivity contribution is -0.136. The molecule has 0 saturated carbocycles. The van der Waals surface area contributed by atoms with Gasteiger partial charge in [-0.25, -0.2) is 0 Å². The number of fused-ring (bicyclic) bond motifs is 1. The van der Waals surface area contributed by atoms with Crippen molar-refractivity contribution in [3.05, 3.63) is 41.2 Å². The number of aryl methyl sites for hydroxylation is 2. The number of aromatic nitrogens is 2. The predicted molar refractivity (Wildman–Crippen MR) is 96.3 cm³/mol. The molecule has 26 heavy (non-hydrogen) atoms. The van der Waals surface area contributed by atoms with Gasteiger partial charge in [0.05, 0.1) is 12.3 Å². The maximum absolute atomic E-state index is 13.1. The van der Waals surface area contributed by atoms with Gasteiger partial charge in [0.1, 0.15) is 6.04 Å². The van der Waals surface area contributed by atoms with Gasteiger partial charge in [0.2, 0.25) is 12.7 Å². The minimum atomic E-state index is -0.380. The number of methoxy groups -OCH3 is 1. The number of hydrogen-bond donors (Lipinski definition) is 0. The number of benzene rings is 1. The summed E-state index contributed by atoms with van der Waals surface area (Å²) in [7, 11) is 1.63. The van der Waals surface area contributed by atoms with E-state index in [1.54, 1.807) is 16.7 Å². The molecule has 0 aliphatic carbocycles. The first-order valence-corrected chi connectivity index (χ1v) is 8.68. The number of rotatable bonds is 7. The highest BCUT2D eigenvalue weighted by atomic mass is 16.7. The third kappa shape index (κ3) is 3.83. The van der Waals surface area contributed by atoms with Crippen molar-refractivity contribution in [1.82, 2.24) is 14.7 Å². The third-order valence-corrected chi connectivity index (χ3v) is 4.46. The summed E-state index contributed by atoms with van der Waals surface area (Å²) < 4.78 is 17.7. The molecular weight excluding hydrogens is 334 g/mol. The van der Waals surface area contributed by atoms with Gasteiger partial charge in [-0.1, -0.05) is 6.07 Å². The Kier molecular flexibility index (Phi) is 5.46. The lowest BCUT2D eigenvalue weighted by Crippen LogP contribution is -2.38. The molecular formula is C19H25N3O4. The van der Waals surface area contributed by atoms with E-state index in [1.807, 2.05) is 45.0 Å². The fraction of sp³-hybridized carbons (Fsp3) is 0.474. The van der Waals surface area contributed by atoms with E-state index in [2.05, 4.69) is 5.10 Å². The first-order chi connectivity index (χ1) is 12.5. The highest BCUT2D eigenvalue weighted by Gasteiger charge is 2.24. The van der Waals surface area contributed by atoms with E-state index >= 15 is 0 Å². The van der Waals surface area contributed by atoms with Gasteiger partial charge in [-0.15, -0.1) is 0 Å². The van der Waals surface area contributed by atoms with E-state index in [1.165, 1.54) is 0 Å². The number of ether oxygens (including phenoxy) is 3. The van der Waals surface area contributed by atoms with Crippen LogP contribution in [0.15, 0.2) is 24.3 Å². The number of hydrogen-bond acceptors (Lipinski definition) is 5. The number of nitrogens with zero attached hydrogens (tertiary/aromatic N) is 3. The van der Waals surface area contributed by atoms with Crippen molar-refractivity contribution < 1.29 is 19.0 Å². The molecule has 140 valence electrons. The lowest BCUT2D eigenvalue weighted by Gasteiger charge is -2.26. The molecule has 0 saturated heterocycles. The van der Waals surface area contributed by atoms with Crippen LogP contribution in [0.2, 0.25) is 0 Å². The van der Waals surface area contributed by atoms with Crippen molar-refractivity contribution in [1.29, 1.82) is 0 Å². The molecule has 7 nitrogen and oxygen atoms in total. The van der Waals surface area contributed by atoms with Crippen molar-refractivity contribution in [2.24, 2.45) is 0 Å². The van der Waals surface area contributed by atoms with Crippen molar-refractivity contribution in [3.8, 4) is 11.5 Å². The van der Waals surface area contributed by atoms with Crippen LogP contribution in [0, 0.1) is 13.8 Å². The van der Waals surface area contributed by atoms with Crippen molar-refractivity contribution >= 4 is 5.91 Å². The van der Waals surface area contributed by atoms with Gasteiger partial charge < -0.3 is 19.1 Å². The molecule has 1 aliphatic heterocycles. The summed E-state index contributed by atoms with van der Waals surface area (Å²) in [6.07, 6.45) is 0. The second kappa shape index (κ2) is 7.78. The molecule has 1 aromatic carbocycles. The van der Waals surface area contributed by atoms with Crippen molar-refractivity contribution in [2.75, 3.05) is 27.1 Å². The highest BCUT2D eigenvalue weighted by Crippen LogP contribution is 2.33. The van der Waals surface area contributed by atoms with E-state index in [9.17, 15) is 4.79 Å². The molecule has 0 spiro atoms. The van der Waals surface area contributed by atoms with Crippen LogP contribution in [0.3, 0.4) is 0 Å². The Hall–Kier alpha value is -2.54. The Balaban J connectivity index is 1.78. The molecule has 0 radical (unpaired) electrons. The quantitative estimate of drug-likeness (QED) is 0.760. The average molecular weight is 359 g/mol. The summed E-state index contributed by atoms with van der Waals surface area (Å²) in [5, 5.41) is 4.45. The van der Waals surface area contributed by atoms with Crippen molar-refractivity contribution in [3.63, 3.8) is 0 Å². The fourth-order valence-corrected chi connectivity index (χ4v) is 3.14. The molecule has 1 atom stereocenters. The van der Waals surface area contributed by atoms with Gasteiger partial charge in [0, 0.05) is 25.9 Å². The largest absolute Gasteiger partial charge is 0.454 e. The maximum atomic E-state index is 13.1. The van der Waals surface area contributed by atoms with Crippen LogP contribution in [0.25, 0.3) is 0 Å². The van der Waals surface area contributed by atoms with Crippen LogP contribution in [-0.4, -0.2) is 47.6 Å². The number of carbonyl (C=O) groups is 1. The third-order valence-electron chi connectivity index (χ3n) is 4.46. The smallest absolute Gasteiger partial charge is 0.247 e. The van der Waals surface area contributed by atoms with Gasteiger partial charge in [0.15, 0.2) is 11.5 Å². The van der Waals surface area contributed by atoms with E-state index in [4.69, 9.17) is 14.2 Å². The second-order valence-corrected chi connectivity index (χ2v) is 6.49. The Morgan fingerprint density at radius 2 is 2.08 bits per heavy atom. The highest BCUT2D eigenvalue weighted by molar-refractivity contribution is 5.80. The Morgan fingerprint density at radius 1 is 1.31 bits per heavy atom. The molecule has 0 fully saturated rings. The van der Waals surface area contributed by atoms with Crippen molar-refractivity contribution in [2.45, 2.75) is 33.4 Å². The molecule has 2 aromatic rings. The van der Waals surface area contributed by atoms with E-state index in [0.717, 1.165) is 22.7 Å². The topological polar surface area (TPSA) is 65.8 Å². The fourth-order valence-electron chi connectivity index (χ4n) is 3.14. The van der Waals surface area contributed by atoms with Crippen LogP contribution in [-0.2, 0) is 16.1 Å². The Bertz CT molecular complexity index is 787. The molecule has 2 heterocycles.